The summed E-state index contributed by atoms with van der Waals surface area (Å²) in [5.74, 6) is 0.761. The molecule has 2 aromatic rings. The van der Waals surface area contributed by atoms with Gasteiger partial charge in [-0.05, 0) is 41.1 Å². The van der Waals surface area contributed by atoms with Gasteiger partial charge in [0.2, 0.25) is 0 Å². The first-order chi connectivity index (χ1) is 11.2. The van der Waals surface area contributed by atoms with E-state index in [1.165, 1.54) is 21.5 Å². The van der Waals surface area contributed by atoms with Crippen molar-refractivity contribution in [1.82, 2.24) is 0 Å². The van der Waals surface area contributed by atoms with E-state index >= 15 is 0 Å². The fraction of sp³-hybridized carbons (Fsp3) is 0.471. The maximum Gasteiger partial charge on any atom is 0.398 e. The van der Waals surface area contributed by atoms with E-state index in [1.807, 2.05) is 16.7 Å². The van der Waals surface area contributed by atoms with E-state index in [4.69, 9.17) is 5.73 Å². The number of rotatable bonds is 9. The molecule has 6 heteroatoms. The largest absolute Gasteiger partial charge is 0.455 e. The van der Waals surface area contributed by atoms with Crippen molar-refractivity contribution in [3.8, 4) is 0 Å². The average Bonchev–Trinajstić information content (AvgIpc) is 3.23. The minimum absolute atomic E-state index is 0.146. The Morgan fingerprint density at radius 2 is 1.83 bits per heavy atom. The normalized spacial score (nSPS) is 12.3. The lowest BCUT2D eigenvalue weighted by atomic mass is 10.2. The SMILES string of the molecule is CCCC[C@H](N)CSC(O)=[N+](Cc1cccs1)Cc1cccs1. The van der Waals surface area contributed by atoms with E-state index in [2.05, 4.69) is 29.8 Å². The third kappa shape index (κ3) is 6.67. The quantitative estimate of drug-likeness (QED) is 0.383. The molecule has 0 amide bonds. The summed E-state index contributed by atoms with van der Waals surface area (Å²) >= 11 is 4.91. The number of nitrogens with zero attached hydrogens (tertiary/aromatic N) is 1. The number of hydrogen-bond donors (Lipinski definition) is 2. The summed E-state index contributed by atoms with van der Waals surface area (Å²) in [5, 5.41) is 15.1. The zero-order valence-corrected chi connectivity index (χ0v) is 15.9. The molecule has 126 valence electrons. The highest BCUT2D eigenvalue weighted by atomic mass is 32.2. The van der Waals surface area contributed by atoms with Gasteiger partial charge >= 0.3 is 5.23 Å². The van der Waals surface area contributed by atoms with Crippen molar-refractivity contribution in [3.05, 3.63) is 44.8 Å². The van der Waals surface area contributed by atoms with E-state index < -0.39 is 0 Å². The Morgan fingerprint density at radius 1 is 1.22 bits per heavy atom. The number of nitrogens with two attached hydrogens (primary N) is 1. The standard InChI is InChI=1S/C17H24N2OS3/c1-2-3-6-14(18)13-23-17(20)19(11-15-7-4-9-21-15)12-16-8-5-10-22-16/h4-5,7-10,14H,2-3,6,11-13,18H2,1H3/p+1/t14-/m0/s1. The van der Waals surface area contributed by atoms with Crippen LogP contribution in [0.2, 0.25) is 0 Å². The minimum atomic E-state index is 0.146. The van der Waals surface area contributed by atoms with Crippen LogP contribution in [-0.4, -0.2) is 26.7 Å². The molecule has 1 atom stereocenters. The van der Waals surface area contributed by atoms with E-state index in [0.717, 1.165) is 38.1 Å². The summed E-state index contributed by atoms with van der Waals surface area (Å²) in [4.78, 5) is 2.51. The topological polar surface area (TPSA) is 49.3 Å². The van der Waals surface area contributed by atoms with Crippen molar-refractivity contribution in [2.75, 3.05) is 5.75 Å². The third-order valence-corrected chi connectivity index (χ3v) is 6.31. The molecule has 0 aromatic carbocycles. The summed E-state index contributed by atoms with van der Waals surface area (Å²) in [6, 6.07) is 8.46. The Bertz CT molecular complexity index is 541. The zero-order chi connectivity index (χ0) is 16.5. The van der Waals surface area contributed by atoms with Crippen LogP contribution in [0.4, 0.5) is 0 Å². The highest BCUT2D eigenvalue weighted by Gasteiger charge is 2.18. The number of thiophene rings is 2. The minimum Gasteiger partial charge on any atom is -0.455 e. The Labute approximate surface area is 150 Å². The Balaban J connectivity index is 2.00. The first kappa shape index (κ1) is 18.5. The summed E-state index contributed by atoms with van der Waals surface area (Å²) in [6.07, 6.45) is 3.33. The van der Waals surface area contributed by atoms with Gasteiger partial charge in [0.25, 0.3) is 0 Å². The van der Waals surface area contributed by atoms with Gasteiger partial charge in [0, 0.05) is 11.8 Å². The van der Waals surface area contributed by atoms with Crippen LogP contribution in [0.1, 0.15) is 35.9 Å². The summed E-state index contributed by atoms with van der Waals surface area (Å²) in [7, 11) is 0. The molecule has 3 nitrogen and oxygen atoms in total. The van der Waals surface area contributed by atoms with Crippen molar-refractivity contribution in [3.63, 3.8) is 0 Å². The third-order valence-electron chi connectivity index (χ3n) is 3.48. The Morgan fingerprint density at radius 3 is 2.30 bits per heavy atom. The smallest absolute Gasteiger partial charge is 0.398 e. The molecule has 0 aliphatic heterocycles. The molecule has 2 rings (SSSR count). The van der Waals surface area contributed by atoms with Gasteiger partial charge in [-0.25, -0.2) is 0 Å². The van der Waals surface area contributed by atoms with Gasteiger partial charge in [-0.2, -0.15) is 4.58 Å². The lowest BCUT2D eigenvalue weighted by Gasteiger charge is -2.09. The van der Waals surface area contributed by atoms with Crippen LogP contribution in [-0.2, 0) is 13.1 Å². The second-order valence-corrected chi connectivity index (χ2v) is 8.56. The monoisotopic (exact) mass is 369 g/mol. The molecule has 3 N–H and O–H groups in total. The number of thioether (sulfide) groups is 1. The van der Waals surface area contributed by atoms with Crippen molar-refractivity contribution in [2.45, 2.75) is 45.3 Å². The predicted octanol–water partition coefficient (Wildman–Crippen LogP) is 4.69. The summed E-state index contributed by atoms with van der Waals surface area (Å²) in [5.41, 5.74) is 6.12. The number of unbranched alkanes of at least 4 members (excludes halogenated alkanes) is 1. The molecule has 23 heavy (non-hydrogen) atoms. The van der Waals surface area contributed by atoms with Crippen LogP contribution in [0.15, 0.2) is 35.0 Å². The van der Waals surface area contributed by atoms with Gasteiger partial charge in [-0.3, -0.25) is 0 Å². The highest BCUT2D eigenvalue weighted by molar-refractivity contribution is 8.13. The molecule has 0 bridgehead atoms. The number of hydrogen-bond acceptors (Lipinski definition) is 4. The van der Waals surface area contributed by atoms with Gasteiger partial charge < -0.3 is 10.8 Å². The maximum absolute atomic E-state index is 10.5. The molecule has 0 radical (unpaired) electrons. The molecule has 0 aliphatic carbocycles. The molecular weight excluding hydrogens is 344 g/mol. The molecule has 0 saturated heterocycles. The van der Waals surface area contributed by atoms with Crippen LogP contribution in [0.5, 0.6) is 0 Å². The molecule has 2 aromatic heterocycles. The van der Waals surface area contributed by atoms with E-state index in [-0.39, 0.29) is 6.04 Å². The van der Waals surface area contributed by atoms with Crippen molar-refractivity contribution in [2.24, 2.45) is 5.73 Å². The Kier molecular flexibility index (Phi) is 8.16. The van der Waals surface area contributed by atoms with E-state index in [0.29, 0.717) is 5.23 Å². The van der Waals surface area contributed by atoms with Gasteiger partial charge in [0.15, 0.2) is 13.1 Å². The lowest BCUT2D eigenvalue weighted by Crippen LogP contribution is -2.25. The maximum atomic E-state index is 10.5. The molecule has 0 spiro atoms. The van der Waals surface area contributed by atoms with Crippen LogP contribution >= 0.6 is 34.4 Å². The van der Waals surface area contributed by atoms with E-state index in [1.54, 1.807) is 22.7 Å². The predicted molar refractivity (Wildman–Crippen MR) is 104 cm³/mol. The molecular formula is C17H25N2OS3+. The first-order valence-electron chi connectivity index (χ1n) is 7.93. The molecule has 0 fully saturated rings. The van der Waals surface area contributed by atoms with Crippen molar-refractivity contribution >= 4 is 39.7 Å². The Hall–Kier alpha value is -0.820. The van der Waals surface area contributed by atoms with E-state index in [9.17, 15) is 5.11 Å². The van der Waals surface area contributed by atoms with Gasteiger partial charge in [-0.1, -0.05) is 31.9 Å². The van der Waals surface area contributed by atoms with Crippen LogP contribution in [0, 0.1) is 0 Å². The second-order valence-electron chi connectivity index (χ2n) is 5.51. The lowest BCUT2D eigenvalue weighted by molar-refractivity contribution is -0.562. The summed E-state index contributed by atoms with van der Waals surface area (Å²) < 4.78 is 2.04. The molecule has 0 saturated carbocycles. The van der Waals surface area contributed by atoms with Crippen LogP contribution in [0.25, 0.3) is 0 Å². The van der Waals surface area contributed by atoms with Gasteiger partial charge in [0.05, 0.1) is 9.75 Å². The number of aliphatic hydroxyl groups is 1. The van der Waals surface area contributed by atoms with Crippen molar-refractivity contribution < 1.29 is 9.68 Å². The molecule has 0 unspecified atom stereocenters. The fourth-order valence-corrected chi connectivity index (χ4v) is 4.48. The van der Waals surface area contributed by atoms with Crippen LogP contribution < -0.4 is 5.73 Å². The zero-order valence-electron chi connectivity index (χ0n) is 13.5. The molecule has 2 heterocycles. The van der Waals surface area contributed by atoms with Crippen molar-refractivity contribution in [1.29, 1.82) is 0 Å². The highest BCUT2D eigenvalue weighted by Crippen LogP contribution is 2.17. The first-order valence-corrected chi connectivity index (χ1v) is 10.7. The van der Waals surface area contributed by atoms with Gasteiger partial charge in [0.1, 0.15) is 0 Å². The van der Waals surface area contributed by atoms with Gasteiger partial charge in [-0.15, -0.1) is 22.7 Å². The second kappa shape index (κ2) is 10.1. The average molecular weight is 370 g/mol. The summed E-state index contributed by atoms with van der Waals surface area (Å²) in [6.45, 7) is 3.64. The number of aliphatic hydroxyl groups excluding tert-OH is 1. The fourth-order valence-electron chi connectivity index (χ4n) is 2.19. The molecule has 0 aliphatic rings. The van der Waals surface area contributed by atoms with Crippen LogP contribution in [0.3, 0.4) is 0 Å².